The molecule has 1 aliphatic heterocycles. The number of hydrogen-bond donors (Lipinski definition) is 1. The van der Waals surface area contributed by atoms with E-state index in [4.69, 9.17) is 4.74 Å². The SMILES string of the molecule is CN(C)CCOCc1ccccc1C1=NCCCN1. The summed E-state index contributed by atoms with van der Waals surface area (Å²) in [5, 5.41) is 3.37. The second-order valence-electron chi connectivity index (χ2n) is 5.02. The van der Waals surface area contributed by atoms with E-state index in [0.717, 1.165) is 38.5 Å². The van der Waals surface area contributed by atoms with Gasteiger partial charge in [0.15, 0.2) is 0 Å². The minimum atomic E-state index is 0.644. The van der Waals surface area contributed by atoms with E-state index in [0.29, 0.717) is 6.61 Å². The molecule has 2 rings (SSSR count). The van der Waals surface area contributed by atoms with E-state index in [2.05, 4.69) is 53.6 Å². The zero-order valence-electron chi connectivity index (χ0n) is 11.9. The Bertz CT molecular complexity index is 429. The Morgan fingerprint density at radius 2 is 2.16 bits per heavy atom. The lowest BCUT2D eigenvalue weighted by Gasteiger charge is -2.18. The molecular weight excluding hydrogens is 238 g/mol. The zero-order valence-corrected chi connectivity index (χ0v) is 11.9. The Morgan fingerprint density at radius 1 is 1.32 bits per heavy atom. The van der Waals surface area contributed by atoms with Crippen LogP contribution in [-0.4, -0.2) is 51.1 Å². The van der Waals surface area contributed by atoms with Crippen LogP contribution in [0.2, 0.25) is 0 Å². The Labute approximate surface area is 115 Å². The van der Waals surface area contributed by atoms with Gasteiger partial charge in [0.25, 0.3) is 0 Å². The van der Waals surface area contributed by atoms with Gasteiger partial charge in [-0.15, -0.1) is 0 Å². The highest BCUT2D eigenvalue weighted by molar-refractivity contribution is 6.00. The van der Waals surface area contributed by atoms with Crippen molar-refractivity contribution in [2.45, 2.75) is 13.0 Å². The van der Waals surface area contributed by atoms with Crippen LogP contribution >= 0.6 is 0 Å². The molecule has 19 heavy (non-hydrogen) atoms. The van der Waals surface area contributed by atoms with Crippen molar-refractivity contribution in [1.82, 2.24) is 10.2 Å². The van der Waals surface area contributed by atoms with Gasteiger partial charge < -0.3 is 15.0 Å². The van der Waals surface area contributed by atoms with Crippen molar-refractivity contribution in [2.75, 3.05) is 40.3 Å². The molecule has 0 radical (unpaired) electrons. The third kappa shape index (κ3) is 4.33. The maximum Gasteiger partial charge on any atom is 0.128 e. The van der Waals surface area contributed by atoms with E-state index >= 15 is 0 Å². The summed E-state index contributed by atoms with van der Waals surface area (Å²) in [6.45, 7) is 4.26. The van der Waals surface area contributed by atoms with Crippen LogP contribution in [0.3, 0.4) is 0 Å². The minimum absolute atomic E-state index is 0.644. The molecule has 0 fully saturated rings. The molecule has 1 heterocycles. The lowest BCUT2D eigenvalue weighted by atomic mass is 10.1. The molecule has 0 aliphatic carbocycles. The highest BCUT2D eigenvalue weighted by Crippen LogP contribution is 2.12. The Morgan fingerprint density at radius 3 is 2.89 bits per heavy atom. The Balaban J connectivity index is 1.98. The molecule has 0 amide bonds. The van der Waals surface area contributed by atoms with Crippen LogP contribution in [0.25, 0.3) is 0 Å². The zero-order chi connectivity index (χ0) is 13.5. The van der Waals surface area contributed by atoms with Crippen LogP contribution in [0.1, 0.15) is 17.5 Å². The standard InChI is InChI=1S/C15H23N3O/c1-18(2)10-11-19-12-13-6-3-4-7-14(13)15-16-8-5-9-17-15/h3-4,6-7H,5,8-12H2,1-2H3,(H,16,17). The van der Waals surface area contributed by atoms with E-state index in [1.807, 2.05) is 0 Å². The molecule has 0 aromatic heterocycles. The van der Waals surface area contributed by atoms with Crippen LogP contribution < -0.4 is 5.32 Å². The second-order valence-corrected chi connectivity index (χ2v) is 5.02. The quantitative estimate of drug-likeness (QED) is 0.789. The van der Waals surface area contributed by atoms with Crippen molar-refractivity contribution in [3.05, 3.63) is 35.4 Å². The van der Waals surface area contributed by atoms with Gasteiger partial charge in [-0.25, -0.2) is 0 Å². The molecule has 0 bridgehead atoms. The van der Waals surface area contributed by atoms with Crippen molar-refractivity contribution >= 4 is 5.84 Å². The number of amidine groups is 1. The van der Waals surface area contributed by atoms with Gasteiger partial charge in [-0.05, 0) is 26.1 Å². The average Bonchev–Trinajstić information content (AvgIpc) is 2.45. The van der Waals surface area contributed by atoms with Crippen molar-refractivity contribution in [2.24, 2.45) is 4.99 Å². The molecular formula is C15H23N3O. The van der Waals surface area contributed by atoms with E-state index < -0.39 is 0 Å². The van der Waals surface area contributed by atoms with Crippen molar-refractivity contribution < 1.29 is 4.74 Å². The van der Waals surface area contributed by atoms with E-state index in [-0.39, 0.29) is 0 Å². The first-order valence-electron chi connectivity index (χ1n) is 6.86. The van der Waals surface area contributed by atoms with Crippen LogP contribution in [0, 0.1) is 0 Å². The highest BCUT2D eigenvalue weighted by atomic mass is 16.5. The predicted molar refractivity (Wildman–Crippen MR) is 78.7 cm³/mol. The fourth-order valence-electron chi connectivity index (χ4n) is 2.02. The maximum absolute atomic E-state index is 5.74. The van der Waals surface area contributed by atoms with Gasteiger partial charge in [-0.2, -0.15) is 0 Å². The lowest BCUT2D eigenvalue weighted by molar-refractivity contribution is 0.105. The summed E-state index contributed by atoms with van der Waals surface area (Å²) in [6, 6.07) is 8.33. The number of nitrogens with zero attached hydrogens (tertiary/aromatic N) is 2. The highest BCUT2D eigenvalue weighted by Gasteiger charge is 2.11. The van der Waals surface area contributed by atoms with E-state index in [1.165, 1.54) is 11.1 Å². The molecule has 4 heteroatoms. The molecule has 1 aromatic carbocycles. The molecule has 0 unspecified atom stereocenters. The van der Waals surface area contributed by atoms with Crippen LogP contribution in [0.4, 0.5) is 0 Å². The third-order valence-corrected chi connectivity index (χ3v) is 3.11. The lowest BCUT2D eigenvalue weighted by Crippen LogP contribution is -2.31. The monoisotopic (exact) mass is 261 g/mol. The number of benzene rings is 1. The number of likely N-dealkylation sites (N-methyl/N-ethyl adjacent to an activating group) is 1. The van der Waals surface area contributed by atoms with Crippen molar-refractivity contribution in [1.29, 1.82) is 0 Å². The van der Waals surface area contributed by atoms with Gasteiger partial charge in [0, 0.05) is 25.2 Å². The average molecular weight is 261 g/mol. The first-order valence-corrected chi connectivity index (χ1v) is 6.86. The summed E-state index contributed by atoms with van der Waals surface area (Å²) in [5.74, 6) is 1.01. The fourth-order valence-corrected chi connectivity index (χ4v) is 2.02. The molecule has 1 aromatic rings. The van der Waals surface area contributed by atoms with Crippen molar-refractivity contribution in [3.63, 3.8) is 0 Å². The summed E-state index contributed by atoms with van der Waals surface area (Å²) in [5.41, 5.74) is 2.38. The van der Waals surface area contributed by atoms with Gasteiger partial charge in [-0.1, -0.05) is 24.3 Å². The number of rotatable bonds is 6. The molecule has 4 nitrogen and oxygen atoms in total. The summed E-state index contributed by atoms with van der Waals surface area (Å²) >= 11 is 0. The van der Waals surface area contributed by atoms with Gasteiger partial charge >= 0.3 is 0 Å². The minimum Gasteiger partial charge on any atom is -0.375 e. The van der Waals surface area contributed by atoms with Crippen molar-refractivity contribution in [3.8, 4) is 0 Å². The molecule has 0 saturated heterocycles. The van der Waals surface area contributed by atoms with Crippen LogP contribution in [0.15, 0.2) is 29.3 Å². The maximum atomic E-state index is 5.74. The molecule has 0 atom stereocenters. The first kappa shape index (κ1) is 14.0. The number of ether oxygens (including phenoxy) is 1. The number of hydrogen-bond acceptors (Lipinski definition) is 4. The van der Waals surface area contributed by atoms with Crippen LogP contribution in [-0.2, 0) is 11.3 Å². The topological polar surface area (TPSA) is 36.9 Å². The number of aliphatic imine (C=N–C) groups is 1. The molecule has 1 aliphatic rings. The normalized spacial score (nSPS) is 15.2. The summed E-state index contributed by atoms with van der Waals surface area (Å²) < 4.78 is 5.74. The second kappa shape index (κ2) is 7.26. The van der Waals surface area contributed by atoms with Gasteiger partial charge in [0.1, 0.15) is 5.84 Å². The van der Waals surface area contributed by atoms with E-state index in [1.54, 1.807) is 0 Å². The third-order valence-electron chi connectivity index (χ3n) is 3.11. The largest absolute Gasteiger partial charge is 0.375 e. The summed E-state index contributed by atoms with van der Waals surface area (Å²) in [7, 11) is 4.11. The summed E-state index contributed by atoms with van der Waals surface area (Å²) in [4.78, 5) is 6.68. The van der Waals surface area contributed by atoms with Gasteiger partial charge in [0.05, 0.1) is 13.2 Å². The Kier molecular flexibility index (Phi) is 5.36. The Hall–Kier alpha value is -1.39. The molecule has 0 saturated carbocycles. The summed E-state index contributed by atoms with van der Waals surface area (Å²) in [6.07, 6.45) is 1.12. The van der Waals surface area contributed by atoms with Gasteiger partial charge in [0.2, 0.25) is 0 Å². The van der Waals surface area contributed by atoms with Gasteiger partial charge in [-0.3, -0.25) is 4.99 Å². The number of nitrogens with one attached hydrogen (secondary N) is 1. The predicted octanol–water partition coefficient (Wildman–Crippen LogP) is 1.50. The van der Waals surface area contributed by atoms with Crippen LogP contribution in [0.5, 0.6) is 0 Å². The first-order chi connectivity index (χ1) is 9.27. The fraction of sp³-hybridized carbons (Fsp3) is 0.533. The molecule has 104 valence electrons. The smallest absolute Gasteiger partial charge is 0.128 e. The molecule has 1 N–H and O–H groups in total. The molecule has 0 spiro atoms. The van der Waals surface area contributed by atoms with E-state index in [9.17, 15) is 0 Å².